The topological polar surface area (TPSA) is 47.9 Å². The van der Waals surface area contributed by atoms with Gasteiger partial charge in [0.25, 0.3) is 0 Å². The van der Waals surface area contributed by atoms with Gasteiger partial charge in [-0.25, -0.2) is 0 Å². The van der Waals surface area contributed by atoms with Gasteiger partial charge in [-0.15, -0.1) is 0 Å². The fraction of sp³-hybridized carbons (Fsp3) is 0.500. The Morgan fingerprint density at radius 3 is 2.06 bits per heavy atom. The summed E-state index contributed by atoms with van der Waals surface area (Å²) >= 11 is 0. The van der Waals surface area contributed by atoms with Gasteiger partial charge in [0.15, 0.2) is 0 Å². The predicted octanol–water partition coefficient (Wildman–Crippen LogP) is 0.914. The van der Waals surface area contributed by atoms with Crippen LogP contribution in [0.3, 0.4) is 0 Å². The third-order valence-electron chi connectivity index (χ3n) is 2.18. The van der Waals surface area contributed by atoms with Crippen molar-refractivity contribution >= 4 is 14.0 Å². The third-order valence-corrected chi connectivity index (χ3v) is 5.14. The summed E-state index contributed by atoms with van der Waals surface area (Å²) in [4.78, 5) is 0. The summed E-state index contributed by atoms with van der Waals surface area (Å²) in [5, 5.41) is 9.83. The Kier molecular flexibility index (Phi) is 6.39. The summed E-state index contributed by atoms with van der Waals surface area (Å²) in [6, 6.07) is 9.67. The van der Waals surface area contributed by atoms with Crippen LogP contribution in [0.4, 0.5) is 0 Å². The molecule has 0 amide bonds. The number of benzene rings is 1. The molecule has 0 aliphatic rings. The van der Waals surface area contributed by atoms with Crippen molar-refractivity contribution in [3.8, 4) is 0 Å². The quantitative estimate of drug-likeness (QED) is 0.703. The molecular weight excluding hydrogens is 236 g/mol. The van der Waals surface area contributed by atoms with E-state index >= 15 is 0 Å². The van der Waals surface area contributed by atoms with Crippen LogP contribution in [0.15, 0.2) is 30.3 Å². The van der Waals surface area contributed by atoms with E-state index in [0.717, 1.165) is 5.19 Å². The Balaban J connectivity index is 2.95. The fourth-order valence-corrected chi connectivity index (χ4v) is 4.05. The Morgan fingerprint density at radius 2 is 1.59 bits per heavy atom. The average Bonchev–Trinajstić information content (AvgIpc) is 2.37. The summed E-state index contributed by atoms with van der Waals surface area (Å²) in [6.45, 7) is 5.04. The van der Waals surface area contributed by atoms with E-state index in [2.05, 4.69) is 0 Å². The number of hydrogen-bond acceptors (Lipinski definition) is 4. The molecule has 4 nitrogen and oxygen atoms in total. The zero-order chi connectivity index (χ0) is 12.6. The molecule has 5 heteroatoms. The largest absolute Gasteiger partial charge is 0.537 e. The maximum Gasteiger partial charge on any atom is 0.537 e. The highest BCUT2D eigenvalue weighted by atomic mass is 28.4. The van der Waals surface area contributed by atoms with Gasteiger partial charge >= 0.3 is 8.80 Å². The standard InChI is InChI=1S/C12H20O4Si/c1-3-14-17(15-4-2,16-11-10-13)12-8-6-5-7-9-12/h5-9,13H,3-4,10-11H2,1-2H3. The van der Waals surface area contributed by atoms with Gasteiger partial charge in [-0.1, -0.05) is 30.3 Å². The normalized spacial score (nSPS) is 11.7. The lowest BCUT2D eigenvalue weighted by molar-refractivity contribution is 0.0661. The van der Waals surface area contributed by atoms with Crippen LogP contribution in [0.1, 0.15) is 13.8 Å². The minimum atomic E-state index is -2.85. The number of aliphatic hydroxyl groups excluding tert-OH is 1. The molecule has 0 radical (unpaired) electrons. The monoisotopic (exact) mass is 256 g/mol. The van der Waals surface area contributed by atoms with Crippen LogP contribution in [0.2, 0.25) is 0 Å². The van der Waals surface area contributed by atoms with Gasteiger partial charge in [-0.3, -0.25) is 0 Å². The first-order valence-corrected chi connectivity index (χ1v) is 7.59. The molecule has 0 spiro atoms. The second-order valence-electron chi connectivity index (χ2n) is 3.36. The SMILES string of the molecule is CCO[Si](OCC)(OCCO)c1ccccc1. The van der Waals surface area contributed by atoms with Crippen LogP contribution >= 0.6 is 0 Å². The summed E-state index contributed by atoms with van der Waals surface area (Å²) in [6.07, 6.45) is 0. The van der Waals surface area contributed by atoms with E-state index in [0.29, 0.717) is 13.2 Å². The second kappa shape index (κ2) is 7.57. The zero-order valence-corrected chi connectivity index (χ0v) is 11.4. The molecule has 0 heterocycles. The van der Waals surface area contributed by atoms with Crippen molar-refractivity contribution in [3.63, 3.8) is 0 Å². The lowest BCUT2D eigenvalue weighted by Gasteiger charge is -2.28. The molecule has 1 aromatic rings. The molecule has 0 atom stereocenters. The highest BCUT2D eigenvalue weighted by Crippen LogP contribution is 2.10. The average molecular weight is 256 g/mol. The van der Waals surface area contributed by atoms with Gasteiger partial charge in [-0.2, -0.15) is 0 Å². The Bertz CT molecular complexity index is 299. The molecule has 0 fully saturated rings. The van der Waals surface area contributed by atoms with Crippen molar-refractivity contribution in [2.45, 2.75) is 13.8 Å². The van der Waals surface area contributed by atoms with Crippen LogP contribution in [0, 0.1) is 0 Å². The van der Waals surface area contributed by atoms with Crippen molar-refractivity contribution in [3.05, 3.63) is 30.3 Å². The number of aliphatic hydroxyl groups is 1. The van der Waals surface area contributed by atoms with Crippen molar-refractivity contribution in [1.82, 2.24) is 0 Å². The van der Waals surface area contributed by atoms with Gasteiger partial charge in [0, 0.05) is 18.4 Å². The second-order valence-corrected chi connectivity index (χ2v) is 5.92. The molecule has 0 unspecified atom stereocenters. The van der Waals surface area contributed by atoms with Gasteiger partial charge in [0.05, 0.1) is 13.2 Å². The molecule has 0 bridgehead atoms. The van der Waals surface area contributed by atoms with Gasteiger partial charge in [-0.05, 0) is 13.8 Å². The van der Waals surface area contributed by atoms with Crippen molar-refractivity contribution in [1.29, 1.82) is 0 Å². The molecule has 17 heavy (non-hydrogen) atoms. The Labute approximate surface area is 104 Å². The Hall–Kier alpha value is -0.723. The molecule has 0 aliphatic heterocycles. The molecule has 96 valence electrons. The number of hydrogen-bond donors (Lipinski definition) is 1. The maximum absolute atomic E-state index is 8.90. The van der Waals surface area contributed by atoms with E-state index in [1.165, 1.54) is 0 Å². The molecule has 1 rings (SSSR count). The smallest absolute Gasteiger partial charge is 0.394 e. The molecule has 0 saturated carbocycles. The van der Waals surface area contributed by atoms with E-state index in [9.17, 15) is 0 Å². The van der Waals surface area contributed by atoms with E-state index in [1.807, 2.05) is 44.2 Å². The molecule has 1 N–H and O–H groups in total. The van der Waals surface area contributed by atoms with E-state index in [4.69, 9.17) is 18.4 Å². The highest BCUT2D eigenvalue weighted by molar-refractivity contribution is 6.75. The van der Waals surface area contributed by atoms with Crippen LogP contribution < -0.4 is 5.19 Å². The first kappa shape index (κ1) is 14.3. The minimum Gasteiger partial charge on any atom is -0.394 e. The highest BCUT2D eigenvalue weighted by Gasteiger charge is 2.43. The molecule has 1 aromatic carbocycles. The summed E-state index contributed by atoms with van der Waals surface area (Å²) < 4.78 is 17.2. The summed E-state index contributed by atoms with van der Waals surface area (Å²) in [5.74, 6) is 0. The van der Waals surface area contributed by atoms with E-state index in [1.54, 1.807) is 0 Å². The molecule has 0 saturated heterocycles. The lowest BCUT2D eigenvalue weighted by Crippen LogP contribution is -2.57. The summed E-state index contributed by atoms with van der Waals surface area (Å²) in [7, 11) is -2.85. The Morgan fingerprint density at radius 1 is 1.00 bits per heavy atom. The van der Waals surface area contributed by atoms with Crippen LogP contribution in [0.25, 0.3) is 0 Å². The molecule has 0 aromatic heterocycles. The molecular formula is C12H20O4Si. The number of rotatable bonds is 8. The maximum atomic E-state index is 8.90. The van der Waals surface area contributed by atoms with E-state index in [-0.39, 0.29) is 13.2 Å². The van der Waals surface area contributed by atoms with Gasteiger partial charge in [0.1, 0.15) is 0 Å². The van der Waals surface area contributed by atoms with Crippen LogP contribution in [0.5, 0.6) is 0 Å². The van der Waals surface area contributed by atoms with Crippen molar-refractivity contribution in [2.24, 2.45) is 0 Å². The minimum absolute atomic E-state index is 0.0399. The van der Waals surface area contributed by atoms with Crippen LogP contribution in [-0.4, -0.2) is 40.3 Å². The van der Waals surface area contributed by atoms with Gasteiger partial charge in [0.2, 0.25) is 0 Å². The lowest BCUT2D eigenvalue weighted by atomic mass is 10.4. The zero-order valence-electron chi connectivity index (χ0n) is 10.4. The van der Waals surface area contributed by atoms with E-state index < -0.39 is 8.80 Å². The fourth-order valence-electron chi connectivity index (χ4n) is 1.58. The van der Waals surface area contributed by atoms with Crippen LogP contribution in [-0.2, 0) is 13.3 Å². The third kappa shape index (κ3) is 3.90. The van der Waals surface area contributed by atoms with Crippen molar-refractivity contribution < 1.29 is 18.4 Å². The molecule has 0 aliphatic carbocycles. The summed E-state index contributed by atoms with van der Waals surface area (Å²) in [5.41, 5.74) is 0. The first-order valence-electron chi connectivity index (χ1n) is 5.87. The van der Waals surface area contributed by atoms with Crippen molar-refractivity contribution in [2.75, 3.05) is 26.4 Å². The van der Waals surface area contributed by atoms with Gasteiger partial charge < -0.3 is 18.4 Å². The predicted molar refractivity (Wildman–Crippen MR) is 68.1 cm³/mol. The first-order chi connectivity index (χ1) is 8.29.